The lowest BCUT2D eigenvalue weighted by atomic mass is 9.90. The monoisotopic (exact) mass is 568 g/mol. The van der Waals surface area contributed by atoms with Crippen LogP contribution in [0, 0.1) is 0 Å². The van der Waals surface area contributed by atoms with Gasteiger partial charge >= 0.3 is 0 Å². The van der Waals surface area contributed by atoms with Crippen LogP contribution >= 0.6 is 23.2 Å². The second kappa shape index (κ2) is 11.3. The molecule has 1 saturated heterocycles. The van der Waals surface area contributed by atoms with Crippen molar-refractivity contribution in [1.82, 2.24) is 9.80 Å². The Balaban J connectivity index is 2.18. The van der Waals surface area contributed by atoms with E-state index >= 15 is 0 Å². The summed E-state index contributed by atoms with van der Waals surface area (Å²) in [6.07, 6.45) is -1.98. The van der Waals surface area contributed by atoms with Gasteiger partial charge in [-0.15, -0.1) is 0 Å². The van der Waals surface area contributed by atoms with Gasteiger partial charge in [0, 0.05) is 30.2 Å². The van der Waals surface area contributed by atoms with Crippen LogP contribution in [0.3, 0.4) is 0 Å². The highest BCUT2D eigenvalue weighted by Crippen LogP contribution is 2.44. The molecule has 7 nitrogen and oxygen atoms in total. The Morgan fingerprint density at radius 3 is 2.22 bits per heavy atom. The summed E-state index contributed by atoms with van der Waals surface area (Å²) >= 11 is 12.5. The fourth-order valence-corrected chi connectivity index (χ4v) is 5.93. The number of sulfone groups is 1. The second-order valence-corrected chi connectivity index (χ2v) is 14.2. The fraction of sp³-hybridized carbons (Fsp3) is 0.481. The van der Waals surface area contributed by atoms with Crippen molar-refractivity contribution < 1.29 is 22.7 Å². The molecule has 2 amide bonds. The number of nitrogens with zero attached hydrogens (tertiary/aromatic N) is 2. The molecule has 0 N–H and O–H groups in total. The summed E-state index contributed by atoms with van der Waals surface area (Å²) in [5.74, 6) is -0.962. The van der Waals surface area contributed by atoms with Gasteiger partial charge in [0.15, 0.2) is 9.84 Å². The van der Waals surface area contributed by atoms with E-state index < -0.39 is 44.8 Å². The van der Waals surface area contributed by atoms with E-state index in [0.29, 0.717) is 15.6 Å². The van der Waals surface area contributed by atoms with Gasteiger partial charge < -0.3 is 14.5 Å². The molecule has 1 aliphatic rings. The van der Waals surface area contributed by atoms with Crippen LogP contribution in [0.15, 0.2) is 48.5 Å². The van der Waals surface area contributed by atoms with E-state index in [1.807, 2.05) is 6.07 Å². The first kappa shape index (κ1) is 29.4. The predicted octanol–water partition coefficient (Wildman–Crippen LogP) is 5.08. The van der Waals surface area contributed by atoms with Crippen LogP contribution in [-0.4, -0.2) is 66.8 Å². The van der Waals surface area contributed by atoms with Crippen LogP contribution in [0.2, 0.25) is 10.0 Å². The summed E-state index contributed by atoms with van der Waals surface area (Å²) in [6.45, 7) is 6.63. The molecule has 0 saturated carbocycles. The minimum Gasteiger partial charge on any atom is -0.357 e. The van der Waals surface area contributed by atoms with Crippen molar-refractivity contribution in [2.24, 2.45) is 0 Å². The highest BCUT2D eigenvalue weighted by molar-refractivity contribution is 7.92. The largest absolute Gasteiger partial charge is 0.357 e. The van der Waals surface area contributed by atoms with Crippen LogP contribution in [0.1, 0.15) is 57.4 Å². The lowest BCUT2D eigenvalue weighted by molar-refractivity contribution is -0.180. The Bertz CT molecular complexity index is 1240. The van der Waals surface area contributed by atoms with Crippen molar-refractivity contribution in [2.75, 3.05) is 19.8 Å². The molecule has 3 rings (SSSR count). The number of ether oxygens (including phenoxy) is 1. The van der Waals surface area contributed by atoms with E-state index in [9.17, 15) is 18.0 Å². The number of morpholine rings is 1. The first-order valence-corrected chi connectivity index (χ1v) is 14.4. The van der Waals surface area contributed by atoms with Crippen LogP contribution in [0.25, 0.3) is 0 Å². The molecule has 0 radical (unpaired) electrons. The van der Waals surface area contributed by atoms with Gasteiger partial charge in [-0.25, -0.2) is 8.42 Å². The van der Waals surface area contributed by atoms with Gasteiger partial charge in [0.25, 0.3) is 5.91 Å². The van der Waals surface area contributed by atoms with Gasteiger partial charge in [-0.05, 0) is 63.1 Å². The van der Waals surface area contributed by atoms with Crippen LogP contribution < -0.4 is 0 Å². The summed E-state index contributed by atoms with van der Waals surface area (Å²) in [6, 6.07) is 12.8. The average Bonchev–Trinajstić information content (AvgIpc) is 2.79. The molecule has 2 aromatic rings. The number of carbonyl (C=O) groups excluding carboxylic acids is 2. The number of carbonyl (C=O) groups is 2. The normalized spacial score (nSPS) is 21.6. The van der Waals surface area contributed by atoms with Gasteiger partial charge in [0.2, 0.25) is 5.91 Å². The second-order valence-electron chi connectivity index (χ2n) is 10.6. The molecule has 37 heavy (non-hydrogen) atoms. The Morgan fingerprint density at radius 1 is 1.05 bits per heavy atom. The Hall–Kier alpha value is -2.13. The smallest absolute Gasteiger partial charge is 0.253 e. The number of rotatable bonds is 7. The van der Waals surface area contributed by atoms with E-state index in [-0.39, 0.29) is 18.1 Å². The average molecular weight is 570 g/mol. The number of hydrogen-bond acceptors (Lipinski definition) is 5. The summed E-state index contributed by atoms with van der Waals surface area (Å²) in [5.41, 5.74) is 1.43. The molecule has 0 aromatic heterocycles. The highest BCUT2D eigenvalue weighted by Gasteiger charge is 2.48. The molecule has 0 unspecified atom stereocenters. The molecule has 1 fully saturated rings. The number of amides is 2. The maximum Gasteiger partial charge on any atom is 0.253 e. The number of benzene rings is 2. The lowest BCUT2D eigenvalue weighted by Gasteiger charge is -2.47. The molecule has 1 heterocycles. The summed E-state index contributed by atoms with van der Waals surface area (Å²) in [4.78, 5) is 29.5. The van der Waals surface area contributed by atoms with Gasteiger partial charge in [0.1, 0.15) is 12.2 Å². The first-order valence-electron chi connectivity index (χ1n) is 12.0. The fourth-order valence-electron chi connectivity index (χ4n) is 4.31. The van der Waals surface area contributed by atoms with Crippen LogP contribution in [-0.2, 0) is 24.2 Å². The van der Waals surface area contributed by atoms with Crippen molar-refractivity contribution in [3.63, 3.8) is 0 Å². The zero-order valence-corrected chi connectivity index (χ0v) is 24.3. The van der Waals surface area contributed by atoms with Crippen molar-refractivity contribution in [2.45, 2.75) is 63.2 Å². The maximum absolute atomic E-state index is 13.9. The first-order chi connectivity index (χ1) is 17.1. The molecule has 1 aliphatic heterocycles. The summed E-state index contributed by atoms with van der Waals surface area (Å²) in [5, 5.41) is 1.01. The van der Waals surface area contributed by atoms with E-state index in [2.05, 4.69) is 0 Å². The molecule has 10 heteroatoms. The lowest BCUT2D eigenvalue weighted by Crippen LogP contribution is -2.56. The molecule has 0 aliphatic carbocycles. The standard InChI is InChI=1S/C27H34Cl2N2O5S/c1-17(16-37(34,35)27(2,3)4)31-24(18-10-12-20(28)13-11-18)25(19-8-7-9-21(29)14-19)36-22(26(31)33)15-23(32)30(5)6/h7-14,17,22,24-25H,15-16H2,1-6H3/t17-,22+,24+,25+/m0/s1. The van der Waals surface area contributed by atoms with Crippen molar-refractivity contribution in [1.29, 1.82) is 0 Å². The molecule has 0 spiro atoms. The van der Waals surface area contributed by atoms with Crippen molar-refractivity contribution in [3.05, 3.63) is 69.7 Å². The third kappa shape index (κ3) is 6.66. The van der Waals surface area contributed by atoms with Gasteiger partial charge in [-0.3, -0.25) is 9.59 Å². The molecular weight excluding hydrogens is 535 g/mol. The Labute approximate surface area is 229 Å². The van der Waals surface area contributed by atoms with Crippen molar-refractivity contribution >= 4 is 44.9 Å². The molecular formula is C27H34Cl2N2O5S. The number of hydrogen-bond donors (Lipinski definition) is 0. The van der Waals surface area contributed by atoms with E-state index in [1.165, 1.54) is 4.90 Å². The van der Waals surface area contributed by atoms with Crippen molar-refractivity contribution in [3.8, 4) is 0 Å². The van der Waals surface area contributed by atoms with Crippen LogP contribution in [0.5, 0.6) is 0 Å². The SMILES string of the molecule is C[C@@H](CS(=O)(=O)C(C)(C)C)N1C(=O)[C@@H](CC(=O)N(C)C)O[C@H](c2cccc(Cl)c2)[C@H]1c1ccc(Cl)cc1. The Morgan fingerprint density at radius 2 is 1.68 bits per heavy atom. The van der Waals surface area contributed by atoms with Crippen LogP contribution in [0.4, 0.5) is 0 Å². The quantitative estimate of drug-likeness (QED) is 0.464. The van der Waals surface area contributed by atoms with E-state index in [0.717, 1.165) is 5.56 Å². The third-order valence-electron chi connectivity index (χ3n) is 6.54. The predicted molar refractivity (Wildman–Crippen MR) is 146 cm³/mol. The highest BCUT2D eigenvalue weighted by atomic mass is 35.5. The molecule has 4 atom stereocenters. The topological polar surface area (TPSA) is 84.0 Å². The van der Waals surface area contributed by atoms with Gasteiger partial charge in [-0.2, -0.15) is 0 Å². The molecule has 0 bridgehead atoms. The Kier molecular flexibility index (Phi) is 9.00. The zero-order chi connectivity index (χ0) is 27.7. The summed E-state index contributed by atoms with van der Waals surface area (Å²) in [7, 11) is -0.361. The van der Waals surface area contributed by atoms with Gasteiger partial charge in [-0.1, -0.05) is 47.5 Å². The van der Waals surface area contributed by atoms with E-state index in [4.69, 9.17) is 27.9 Å². The molecule has 2 aromatic carbocycles. The van der Waals surface area contributed by atoms with Gasteiger partial charge in [0.05, 0.1) is 23.0 Å². The zero-order valence-electron chi connectivity index (χ0n) is 21.9. The number of halogens is 2. The molecule has 202 valence electrons. The van der Waals surface area contributed by atoms with E-state index in [1.54, 1.807) is 89.2 Å². The maximum atomic E-state index is 13.9. The summed E-state index contributed by atoms with van der Waals surface area (Å²) < 4.78 is 31.7. The minimum absolute atomic E-state index is 0.175. The third-order valence-corrected chi connectivity index (χ3v) is 9.82. The minimum atomic E-state index is -3.58.